The Morgan fingerprint density at radius 1 is 1.21 bits per heavy atom. The van der Waals surface area contributed by atoms with Gasteiger partial charge in [-0.1, -0.05) is 12.1 Å². The van der Waals surface area contributed by atoms with E-state index < -0.39 is 0 Å². The van der Waals surface area contributed by atoms with Crippen LogP contribution in [0.25, 0.3) is 11.1 Å². The van der Waals surface area contributed by atoms with E-state index in [-0.39, 0.29) is 0 Å². The van der Waals surface area contributed by atoms with Gasteiger partial charge in [-0.2, -0.15) is 0 Å². The third kappa shape index (κ3) is 2.38. The van der Waals surface area contributed by atoms with E-state index in [1.807, 2.05) is 43.4 Å². The molecule has 0 unspecified atom stereocenters. The third-order valence-corrected chi connectivity index (χ3v) is 3.13. The van der Waals surface area contributed by atoms with Gasteiger partial charge in [0.15, 0.2) is 12.0 Å². The second-order valence-electron chi connectivity index (χ2n) is 4.61. The monoisotopic (exact) mass is 253 g/mol. The highest BCUT2D eigenvalue weighted by Crippen LogP contribution is 2.22. The van der Waals surface area contributed by atoms with E-state index in [2.05, 4.69) is 16.0 Å². The lowest BCUT2D eigenvalue weighted by molar-refractivity contribution is 0.602. The summed E-state index contributed by atoms with van der Waals surface area (Å²) in [7, 11) is 2.04. The van der Waals surface area contributed by atoms with Gasteiger partial charge in [0.2, 0.25) is 0 Å². The molecule has 0 saturated heterocycles. The molecule has 0 aliphatic carbocycles. The van der Waals surface area contributed by atoms with Crippen LogP contribution >= 0.6 is 0 Å². The summed E-state index contributed by atoms with van der Waals surface area (Å²) in [6, 6.07) is 13.9. The summed E-state index contributed by atoms with van der Waals surface area (Å²) in [4.78, 5) is 6.26. The van der Waals surface area contributed by atoms with E-state index in [0.29, 0.717) is 0 Å². The van der Waals surface area contributed by atoms with Gasteiger partial charge in [0.1, 0.15) is 5.52 Å². The fourth-order valence-electron chi connectivity index (χ4n) is 2.14. The number of hydrogen-bond acceptors (Lipinski definition) is 4. The first kappa shape index (κ1) is 11.6. The van der Waals surface area contributed by atoms with Gasteiger partial charge in [0.05, 0.1) is 0 Å². The minimum absolute atomic E-state index is 0.789. The number of nitrogens with two attached hydrogens (primary N) is 1. The van der Waals surface area contributed by atoms with Crippen LogP contribution in [0.5, 0.6) is 0 Å². The molecule has 3 rings (SSSR count). The number of fused-ring (bicyclic) bond motifs is 1. The van der Waals surface area contributed by atoms with Gasteiger partial charge in [-0.3, -0.25) is 0 Å². The van der Waals surface area contributed by atoms with Gasteiger partial charge in [0, 0.05) is 31.0 Å². The number of nitrogens with zero attached hydrogens (tertiary/aromatic N) is 2. The fraction of sp³-hybridized carbons (Fsp3) is 0.133. The molecule has 4 heteroatoms. The quantitative estimate of drug-likeness (QED) is 0.729. The number of anilines is 2. The fourth-order valence-corrected chi connectivity index (χ4v) is 2.14. The van der Waals surface area contributed by atoms with Gasteiger partial charge >= 0.3 is 0 Å². The molecule has 0 saturated carbocycles. The van der Waals surface area contributed by atoms with Crippen molar-refractivity contribution in [3.8, 4) is 0 Å². The Kier molecular flexibility index (Phi) is 2.83. The highest BCUT2D eigenvalue weighted by atomic mass is 16.3. The Bertz CT molecular complexity index is 705. The van der Waals surface area contributed by atoms with Crippen LogP contribution in [0.1, 0.15) is 5.56 Å². The van der Waals surface area contributed by atoms with Gasteiger partial charge in [-0.05, 0) is 29.8 Å². The first-order valence-corrected chi connectivity index (χ1v) is 6.11. The molecule has 1 heterocycles. The molecule has 1 aromatic heterocycles. The minimum Gasteiger partial charge on any atom is -0.443 e. The van der Waals surface area contributed by atoms with Crippen LogP contribution in [0, 0.1) is 0 Å². The number of nitrogen functional groups attached to an aromatic ring is 1. The van der Waals surface area contributed by atoms with Crippen molar-refractivity contribution in [1.29, 1.82) is 0 Å². The molecule has 0 amide bonds. The normalized spacial score (nSPS) is 10.8. The Hall–Kier alpha value is -2.49. The zero-order valence-corrected chi connectivity index (χ0v) is 10.7. The van der Waals surface area contributed by atoms with Crippen LogP contribution in [0.2, 0.25) is 0 Å². The number of oxazole rings is 1. The smallest absolute Gasteiger partial charge is 0.181 e. The largest absolute Gasteiger partial charge is 0.443 e. The molecule has 2 N–H and O–H groups in total. The van der Waals surface area contributed by atoms with Crippen molar-refractivity contribution in [1.82, 2.24) is 4.98 Å². The second kappa shape index (κ2) is 4.65. The Labute approximate surface area is 111 Å². The van der Waals surface area contributed by atoms with Gasteiger partial charge in [-0.25, -0.2) is 4.98 Å². The number of hydrogen-bond donors (Lipinski definition) is 1. The molecule has 96 valence electrons. The molecule has 19 heavy (non-hydrogen) atoms. The second-order valence-corrected chi connectivity index (χ2v) is 4.61. The van der Waals surface area contributed by atoms with E-state index in [1.54, 1.807) is 0 Å². The predicted molar refractivity (Wildman–Crippen MR) is 77.0 cm³/mol. The number of rotatable bonds is 3. The first-order valence-electron chi connectivity index (χ1n) is 6.11. The van der Waals surface area contributed by atoms with Crippen LogP contribution in [-0.2, 0) is 6.54 Å². The van der Waals surface area contributed by atoms with Crippen LogP contribution in [0.3, 0.4) is 0 Å². The van der Waals surface area contributed by atoms with Crippen molar-refractivity contribution in [2.75, 3.05) is 17.7 Å². The molecule has 2 aromatic carbocycles. The zero-order chi connectivity index (χ0) is 13.2. The molecule has 0 aliphatic heterocycles. The summed E-state index contributed by atoms with van der Waals surface area (Å²) in [5.74, 6) is 0. The average molecular weight is 253 g/mol. The van der Waals surface area contributed by atoms with Crippen molar-refractivity contribution in [2.45, 2.75) is 6.54 Å². The molecule has 0 bridgehead atoms. The number of benzene rings is 2. The maximum absolute atomic E-state index is 5.79. The predicted octanol–water partition coefficient (Wildman–Crippen LogP) is 3.05. The summed E-state index contributed by atoms with van der Waals surface area (Å²) in [6.45, 7) is 0.796. The van der Waals surface area contributed by atoms with E-state index in [1.165, 1.54) is 12.0 Å². The van der Waals surface area contributed by atoms with Crippen molar-refractivity contribution in [3.63, 3.8) is 0 Å². The van der Waals surface area contributed by atoms with Crippen molar-refractivity contribution < 1.29 is 4.42 Å². The van der Waals surface area contributed by atoms with Crippen LogP contribution in [0.4, 0.5) is 11.4 Å². The van der Waals surface area contributed by atoms with E-state index >= 15 is 0 Å². The maximum atomic E-state index is 5.79. The van der Waals surface area contributed by atoms with Gasteiger partial charge in [-0.15, -0.1) is 0 Å². The molecule has 0 spiro atoms. The molecule has 3 aromatic rings. The van der Waals surface area contributed by atoms with Crippen LogP contribution in [-0.4, -0.2) is 12.0 Å². The molecule has 0 atom stereocenters. The topological polar surface area (TPSA) is 55.3 Å². The lowest BCUT2D eigenvalue weighted by Gasteiger charge is -2.19. The average Bonchev–Trinajstić information content (AvgIpc) is 2.85. The molecule has 0 radical (unpaired) electrons. The van der Waals surface area contributed by atoms with Crippen molar-refractivity contribution in [2.24, 2.45) is 0 Å². The van der Waals surface area contributed by atoms with Crippen LogP contribution in [0.15, 0.2) is 53.3 Å². The molecule has 0 fully saturated rings. The van der Waals surface area contributed by atoms with Gasteiger partial charge < -0.3 is 15.1 Å². The van der Waals surface area contributed by atoms with E-state index in [4.69, 9.17) is 10.2 Å². The minimum atomic E-state index is 0.789. The van der Waals surface area contributed by atoms with E-state index in [9.17, 15) is 0 Å². The summed E-state index contributed by atoms with van der Waals surface area (Å²) in [6.07, 6.45) is 1.46. The zero-order valence-electron chi connectivity index (χ0n) is 10.7. The third-order valence-electron chi connectivity index (χ3n) is 3.13. The molecule has 4 nitrogen and oxygen atoms in total. The highest BCUT2D eigenvalue weighted by Gasteiger charge is 2.05. The number of aromatic nitrogens is 1. The molecule has 0 aliphatic rings. The summed E-state index contributed by atoms with van der Waals surface area (Å²) in [5, 5.41) is 0. The molecular formula is C15H15N3O. The molecular weight excluding hydrogens is 238 g/mol. The lowest BCUT2D eigenvalue weighted by atomic mass is 10.2. The summed E-state index contributed by atoms with van der Waals surface area (Å²) >= 11 is 0. The van der Waals surface area contributed by atoms with Crippen molar-refractivity contribution in [3.05, 3.63) is 54.4 Å². The Morgan fingerprint density at radius 2 is 2.11 bits per heavy atom. The lowest BCUT2D eigenvalue weighted by Crippen LogP contribution is -2.16. The summed E-state index contributed by atoms with van der Waals surface area (Å²) < 4.78 is 5.32. The Morgan fingerprint density at radius 3 is 2.95 bits per heavy atom. The van der Waals surface area contributed by atoms with Crippen LogP contribution < -0.4 is 10.6 Å². The SMILES string of the molecule is CN(Cc1cccc(N)c1)c1ccc2ncoc2c1. The van der Waals surface area contributed by atoms with Gasteiger partial charge in [0.25, 0.3) is 0 Å². The highest BCUT2D eigenvalue weighted by molar-refractivity contribution is 5.77. The summed E-state index contributed by atoms with van der Waals surface area (Å²) in [5.41, 5.74) is 10.5. The Balaban J connectivity index is 1.84. The standard InChI is InChI=1S/C15H15N3O/c1-18(9-11-3-2-4-12(16)7-11)13-5-6-14-15(8-13)19-10-17-14/h2-8,10H,9,16H2,1H3. The first-order chi connectivity index (χ1) is 9.22. The van der Waals surface area contributed by atoms with Crippen molar-refractivity contribution >= 4 is 22.5 Å². The maximum Gasteiger partial charge on any atom is 0.181 e. The van der Waals surface area contributed by atoms with E-state index in [0.717, 1.165) is 29.0 Å².